The Labute approximate surface area is 98.5 Å². The summed E-state index contributed by atoms with van der Waals surface area (Å²) in [5.41, 5.74) is -0.224. The highest BCUT2D eigenvalue weighted by molar-refractivity contribution is 5.94. The lowest BCUT2D eigenvalue weighted by Crippen LogP contribution is -2.35. The molecule has 1 aliphatic rings. The van der Waals surface area contributed by atoms with E-state index in [0.29, 0.717) is 6.54 Å². The Morgan fingerprint density at radius 3 is 3.06 bits per heavy atom. The highest BCUT2D eigenvalue weighted by Crippen LogP contribution is 2.23. The fourth-order valence-corrected chi connectivity index (χ4v) is 2.27. The molecule has 5 heteroatoms. The van der Waals surface area contributed by atoms with Crippen molar-refractivity contribution in [3.63, 3.8) is 0 Å². The molecule has 1 aliphatic heterocycles. The van der Waals surface area contributed by atoms with E-state index < -0.39 is 17.7 Å². The van der Waals surface area contributed by atoms with Gasteiger partial charge in [0.15, 0.2) is 5.82 Å². The van der Waals surface area contributed by atoms with Gasteiger partial charge >= 0.3 is 0 Å². The summed E-state index contributed by atoms with van der Waals surface area (Å²) in [5.74, 6) is -2.81. The first-order valence-electron chi connectivity index (χ1n) is 5.76. The number of amides is 1. The summed E-state index contributed by atoms with van der Waals surface area (Å²) in [6.45, 7) is 2.60. The van der Waals surface area contributed by atoms with Crippen LogP contribution in [0.4, 0.5) is 8.78 Å². The summed E-state index contributed by atoms with van der Waals surface area (Å²) in [5, 5.41) is 0. The van der Waals surface area contributed by atoms with Gasteiger partial charge in [-0.2, -0.15) is 4.39 Å². The molecule has 0 radical (unpaired) electrons. The Bertz CT molecular complexity index is 437. The molecule has 3 nitrogen and oxygen atoms in total. The molecule has 1 amide bonds. The summed E-state index contributed by atoms with van der Waals surface area (Å²) >= 11 is 0. The van der Waals surface area contributed by atoms with Gasteiger partial charge in [-0.05, 0) is 25.3 Å². The van der Waals surface area contributed by atoms with Crippen LogP contribution in [0.15, 0.2) is 12.3 Å². The molecule has 0 spiro atoms. The normalized spacial score (nSPS) is 19.7. The van der Waals surface area contributed by atoms with Crippen LogP contribution < -0.4 is 0 Å². The van der Waals surface area contributed by atoms with Crippen molar-refractivity contribution in [2.75, 3.05) is 6.54 Å². The topological polar surface area (TPSA) is 33.2 Å². The number of rotatable bonds is 2. The first-order chi connectivity index (χ1) is 8.15. The first kappa shape index (κ1) is 12.0. The maximum absolute atomic E-state index is 13.5. The monoisotopic (exact) mass is 240 g/mol. The van der Waals surface area contributed by atoms with Gasteiger partial charge in [0.25, 0.3) is 5.91 Å². The standard InChI is InChI=1S/C12H14F2N2O/c1-2-8-4-3-7-16(8)12(17)9-5-6-15-11(14)10(9)13/h5-6,8H,2-4,7H2,1H3. The summed E-state index contributed by atoms with van der Waals surface area (Å²) in [6, 6.07) is 1.37. The van der Waals surface area contributed by atoms with Gasteiger partial charge in [0.1, 0.15) is 0 Å². The molecule has 1 fully saturated rings. The van der Waals surface area contributed by atoms with E-state index in [0.717, 1.165) is 25.5 Å². The molecular formula is C12H14F2N2O. The van der Waals surface area contributed by atoms with Crippen LogP contribution in [-0.4, -0.2) is 28.4 Å². The lowest BCUT2D eigenvalue weighted by atomic mass is 10.1. The minimum Gasteiger partial charge on any atom is -0.336 e. The minimum atomic E-state index is -1.22. The van der Waals surface area contributed by atoms with Gasteiger partial charge in [0.2, 0.25) is 5.95 Å². The maximum Gasteiger partial charge on any atom is 0.257 e. The molecule has 0 saturated carbocycles. The third-order valence-corrected chi connectivity index (χ3v) is 3.19. The van der Waals surface area contributed by atoms with Crippen molar-refractivity contribution in [2.45, 2.75) is 32.2 Å². The van der Waals surface area contributed by atoms with E-state index in [2.05, 4.69) is 4.98 Å². The number of nitrogens with zero attached hydrogens (tertiary/aromatic N) is 2. The van der Waals surface area contributed by atoms with E-state index in [9.17, 15) is 13.6 Å². The van der Waals surface area contributed by atoms with Crippen LogP contribution in [-0.2, 0) is 0 Å². The number of hydrogen-bond acceptors (Lipinski definition) is 2. The van der Waals surface area contributed by atoms with E-state index in [1.165, 1.54) is 6.07 Å². The SMILES string of the molecule is CCC1CCCN1C(=O)c1ccnc(F)c1F. The third kappa shape index (κ3) is 2.14. The van der Waals surface area contributed by atoms with Crippen LogP contribution in [0.1, 0.15) is 36.5 Å². The minimum absolute atomic E-state index is 0.137. The second-order valence-corrected chi connectivity index (χ2v) is 4.17. The molecule has 0 bridgehead atoms. The zero-order chi connectivity index (χ0) is 12.4. The van der Waals surface area contributed by atoms with Crippen LogP contribution in [0.3, 0.4) is 0 Å². The maximum atomic E-state index is 13.5. The molecular weight excluding hydrogens is 226 g/mol. The van der Waals surface area contributed by atoms with Crippen molar-refractivity contribution in [3.05, 3.63) is 29.6 Å². The average Bonchev–Trinajstić information content (AvgIpc) is 2.80. The molecule has 2 heterocycles. The molecule has 0 N–H and O–H groups in total. The van der Waals surface area contributed by atoms with Crippen LogP contribution in [0.5, 0.6) is 0 Å². The Morgan fingerprint density at radius 2 is 2.35 bits per heavy atom. The summed E-state index contributed by atoms with van der Waals surface area (Å²) in [4.78, 5) is 16.9. The van der Waals surface area contributed by atoms with Crippen LogP contribution >= 0.6 is 0 Å². The number of halogens is 2. The molecule has 1 aromatic heterocycles. The predicted octanol–water partition coefficient (Wildman–Crippen LogP) is 2.37. The predicted molar refractivity (Wildman–Crippen MR) is 58.5 cm³/mol. The Balaban J connectivity index is 2.28. The van der Waals surface area contributed by atoms with E-state index in [4.69, 9.17) is 0 Å². The van der Waals surface area contributed by atoms with Crippen LogP contribution in [0.2, 0.25) is 0 Å². The zero-order valence-corrected chi connectivity index (χ0v) is 9.62. The van der Waals surface area contributed by atoms with Gasteiger partial charge < -0.3 is 4.90 Å². The fraction of sp³-hybridized carbons (Fsp3) is 0.500. The Morgan fingerprint density at radius 1 is 1.59 bits per heavy atom. The molecule has 1 aromatic rings. The van der Waals surface area contributed by atoms with Crippen LogP contribution in [0, 0.1) is 11.8 Å². The van der Waals surface area contributed by atoms with Gasteiger partial charge in [0, 0.05) is 18.8 Å². The van der Waals surface area contributed by atoms with Gasteiger partial charge in [0.05, 0.1) is 5.56 Å². The Kier molecular flexibility index (Phi) is 3.36. The molecule has 2 rings (SSSR count). The van der Waals surface area contributed by atoms with Gasteiger partial charge in [-0.15, -0.1) is 0 Å². The highest BCUT2D eigenvalue weighted by Gasteiger charge is 2.30. The van der Waals surface area contributed by atoms with Crippen molar-refractivity contribution in [3.8, 4) is 0 Å². The second-order valence-electron chi connectivity index (χ2n) is 4.17. The number of carbonyl (C=O) groups excluding carboxylic acids is 1. The average molecular weight is 240 g/mol. The zero-order valence-electron chi connectivity index (χ0n) is 9.62. The molecule has 0 aromatic carbocycles. The molecule has 92 valence electrons. The summed E-state index contributed by atoms with van der Waals surface area (Å²) < 4.78 is 26.4. The fourth-order valence-electron chi connectivity index (χ4n) is 2.27. The summed E-state index contributed by atoms with van der Waals surface area (Å²) in [6.07, 6.45) is 3.79. The number of likely N-dealkylation sites (tertiary alicyclic amines) is 1. The second kappa shape index (κ2) is 4.77. The molecule has 0 aliphatic carbocycles. The number of carbonyl (C=O) groups is 1. The van der Waals surface area contributed by atoms with E-state index in [-0.39, 0.29) is 11.6 Å². The Hall–Kier alpha value is -1.52. The van der Waals surface area contributed by atoms with Crippen molar-refractivity contribution >= 4 is 5.91 Å². The van der Waals surface area contributed by atoms with Gasteiger partial charge in [-0.25, -0.2) is 9.37 Å². The van der Waals surface area contributed by atoms with Crippen molar-refractivity contribution in [1.82, 2.24) is 9.88 Å². The molecule has 1 atom stereocenters. The van der Waals surface area contributed by atoms with Crippen molar-refractivity contribution in [1.29, 1.82) is 0 Å². The molecule has 17 heavy (non-hydrogen) atoms. The van der Waals surface area contributed by atoms with E-state index in [1.54, 1.807) is 4.90 Å². The third-order valence-electron chi connectivity index (χ3n) is 3.19. The smallest absolute Gasteiger partial charge is 0.257 e. The number of hydrogen-bond donors (Lipinski definition) is 0. The lowest BCUT2D eigenvalue weighted by Gasteiger charge is -2.23. The quantitative estimate of drug-likeness (QED) is 0.743. The summed E-state index contributed by atoms with van der Waals surface area (Å²) in [7, 11) is 0. The van der Waals surface area contributed by atoms with Crippen molar-refractivity contribution < 1.29 is 13.6 Å². The largest absolute Gasteiger partial charge is 0.336 e. The van der Waals surface area contributed by atoms with Gasteiger partial charge in [-0.3, -0.25) is 4.79 Å². The molecule has 1 unspecified atom stereocenters. The van der Waals surface area contributed by atoms with Crippen LogP contribution in [0.25, 0.3) is 0 Å². The van der Waals surface area contributed by atoms with Crippen molar-refractivity contribution in [2.24, 2.45) is 0 Å². The first-order valence-corrected chi connectivity index (χ1v) is 5.76. The number of pyridine rings is 1. The van der Waals surface area contributed by atoms with Gasteiger partial charge in [-0.1, -0.05) is 6.92 Å². The lowest BCUT2D eigenvalue weighted by molar-refractivity contribution is 0.0727. The van der Waals surface area contributed by atoms with E-state index in [1.807, 2.05) is 6.92 Å². The van der Waals surface area contributed by atoms with E-state index >= 15 is 0 Å². The highest BCUT2D eigenvalue weighted by atomic mass is 19.2. The number of aromatic nitrogens is 1. The molecule has 1 saturated heterocycles.